The SMILES string of the molecule is Cl.O=C(NCC1CNCC1O)c1ccc(=O)n(-c2ccccc2)n1. The molecule has 3 rings (SSSR count). The molecule has 8 heteroatoms. The Balaban J connectivity index is 0.00000208. The lowest BCUT2D eigenvalue weighted by atomic mass is 10.1. The summed E-state index contributed by atoms with van der Waals surface area (Å²) in [5.41, 5.74) is 0.458. The van der Waals surface area contributed by atoms with Crippen molar-refractivity contribution in [2.45, 2.75) is 6.10 Å². The van der Waals surface area contributed by atoms with Gasteiger partial charge in [-0.3, -0.25) is 9.59 Å². The van der Waals surface area contributed by atoms with Crippen LogP contribution in [0.5, 0.6) is 0 Å². The van der Waals surface area contributed by atoms with Gasteiger partial charge in [-0.05, 0) is 18.2 Å². The Morgan fingerprint density at radius 2 is 2.00 bits per heavy atom. The Kier molecular flexibility index (Phi) is 6.08. The third kappa shape index (κ3) is 4.00. The molecule has 1 aromatic heterocycles. The van der Waals surface area contributed by atoms with E-state index in [1.165, 1.54) is 16.8 Å². The molecule has 2 atom stereocenters. The van der Waals surface area contributed by atoms with E-state index in [2.05, 4.69) is 15.7 Å². The molecular weight excluding hydrogens is 332 g/mol. The van der Waals surface area contributed by atoms with Crippen molar-refractivity contribution in [2.75, 3.05) is 19.6 Å². The Labute approximate surface area is 145 Å². The van der Waals surface area contributed by atoms with Crippen LogP contribution >= 0.6 is 12.4 Å². The average molecular weight is 351 g/mol. The molecule has 2 aromatic rings. The van der Waals surface area contributed by atoms with Gasteiger partial charge in [-0.15, -0.1) is 12.4 Å². The number of aliphatic hydroxyl groups excluding tert-OH is 1. The normalized spacial score (nSPS) is 19.5. The Morgan fingerprint density at radius 3 is 2.67 bits per heavy atom. The van der Waals surface area contributed by atoms with Crippen molar-refractivity contribution in [1.29, 1.82) is 0 Å². The van der Waals surface area contributed by atoms with Crippen molar-refractivity contribution in [3.63, 3.8) is 0 Å². The molecule has 128 valence electrons. The van der Waals surface area contributed by atoms with E-state index < -0.39 is 6.10 Å². The Hall–Kier alpha value is -2.22. The van der Waals surface area contributed by atoms with Gasteiger partial charge in [0.05, 0.1) is 11.8 Å². The van der Waals surface area contributed by atoms with Gasteiger partial charge < -0.3 is 15.7 Å². The maximum Gasteiger partial charge on any atom is 0.271 e. The predicted molar refractivity (Wildman–Crippen MR) is 91.8 cm³/mol. The average Bonchev–Trinajstić information content (AvgIpc) is 2.99. The van der Waals surface area contributed by atoms with E-state index in [4.69, 9.17) is 0 Å². The first-order valence-corrected chi connectivity index (χ1v) is 7.48. The lowest BCUT2D eigenvalue weighted by Crippen LogP contribution is -2.35. The molecule has 2 unspecified atom stereocenters. The molecule has 0 bridgehead atoms. The van der Waals surface area contributed by atoms with E-state index in [0.29, 0.717) is 25.3 Å². The van der Waals surface area contributed by atoms with Crippen LogP contribution in [0.3, 0.4) is 0 Å². The van der Waals surface area contributed by atoms with Crippen LogP contribution in [0.4, 0.5) is 0 Å². The summed E-state index contributed by atoms with van der Waals surface area (Å²) in [5.74, 6) is -0.382. The molecule has 7 nitrogen and oxygen atoms in total. The number of carbonyl (C=O) groups is 1. The van der Waals surface area contributed by atoms with Crippen LogP contribution in [0.1, 0.15) is 10.5 Å². The fraction of sp³-hybridized carbons (Fsp3) is 0.312. The molecule has 0 aliphatic carbocycles. The van der Waals surface area contributed by atoms with Crippen LogP contribution in [-0.2, 0) is 0 Å². The standard InChI is InChI=1S/C16H18N4O3.ClH/c21-14-10-17-8-11(14)9-18-16(23)13-6-7-15(22)20(19-13)12-4-2-1-3-5-12;/h1-7,11,14,17,21H,8-10H2,(H,18,23);1H. The van der Waals surface area contributed by atoms with Crippen LogP contribution in [0, 0.1) is 5.92 Å². The molecule has 1 aromatic carbocycles. The maximum atomic E-state index is 12.2. The lowest BCUT2D eigenvalue weighted by Gasteiger charge is -2.14. The van der Waals surface area contributed by atoms with Crippen molar-refractivity contribution in [3.8, 4) is 5.69 Å². The van der Waals surface area contributed by atoms with Crippen molar-refractivity contribution in [2.24, 2.45) is 5.92 Å². The number of rotatable bonds is 4. The number of hydrogen-bond acceptors (Lipinski definition) is 5. The number of hydrogen-bond donors (Lipinski definition) is 3. The smallest absolute Gasteiger partial charge is 0.271 e. The highest BCUT2D eigenvalue weighted by Crippen LogP contribution is 2.07. The number of amides is 1. The molecule has 3 N–H and O–H groups in total. The van der Waals surface area contributed by atoms with Gasteiger partial charge in [0.1, 0.15) is 5.69 Å². The summed E-state index contributed by atoms with van der Waals surface area (Å²) in [4.78, 5) is 24.1. The van der Waals surface area contributed by atoms with Crippen LogP contribution < -0.4 is 16.2 Å². The Morgan fingerprint density at radius 1 is 1.25 bits per heavy atom. The number of aliphatic hydroxyl groups is 1. The van der Waals surface area contributed by atoms with Gasteiger partial charge in [-0.25, -0.2) is 0 Å². The largest absolute Gasteiger partial charge is 0.391 e. The summed E-state index contributed by atoms with van der Waals surface area (Å²) in [6, 6.07) is 11.6. The number of nitrogens with zero attached hydrogens (tertiary/aromatic N) is 2. The van der Waals surface area contributed by atoms with E-state index in [9.17, 15) is 14.7 Å². The number of nitrogens with one attached hydrogen (secondary N) is 2. The molecule has 1 saturated heterocycles. The number of halogens is 1. The van der Waals surface area contributed by atoms with Gasteiger partial charge in [-0.1, -0.05) is 18.2 Å². The molecule has 0 saturated carbocycles. The van der Waals surface area contributed by atoms with Crippen LogP contribution in [-0.4, -0.2) is 46.5 Å². The first-order valence-electron chi connectivity index (χ1n) is 7.48. The summed E-state index contributed by atoms with van der Waals surface area (Å²) in [6.45, 7) is 1.56. The first kappa shape index (κ1) is 18.1. The lowest BCUT2D eigenvalue weighted by molar-refractivity contribution is 0.0920. The van der Waals surface area contributed by atoms with Crippen molar-refractivity contribution >= 4 is 18.3 Å². The zero-order valence-electron chi connectivity index (χ0n) is 12.9. The number of para-hydroxylation sites is 1. The number of benzene rings is 1. The van der Waals surface area contributed by atoms with Crippen molar-refractivity contribution in [3.05, 3.63) is 58.5 Å². The van der Waals surface area contributed by atoms with E-state index in [1.54, 1.807) is 24.3 Å². The van der Waals surface area contributed by atoms with Gasteiger partial charge in [-0.2, -0.15) is 9.78 Å². The summed E-state index contributed by atoms with van der Waals surface area (Å²) < 4.78 is 1.20. The molecule has 1 aliphatic rings. The molecule has 0 spiro atoms. The monoisotopic (exact) mass is 350 g/mol. The quantitative estimate of drug-likeness (QED) is 0.719. The first-order chi connectivity index (χ1) is 11.1. The Bertz CT molecular complexity index is 750. The minimum absolute atomic E-state index is 0. The van der Waals surface area contributed by atoms with Gasteiger partial charge in [0, 0.05) is 31.6 Å². The predicted octanol–water partition coefficient (Wildman–Crippen LogP) is -0.0356. The molecule has 1 aliphatic heterocycles. The summed E-state index contributed by atoms with van der Waals surface area (Å²) in [5, 5.41) is 19.7. The zero-order chi connectivity index (χ0) is 16.2. The fourth-order valence-electron chi connectivity index (χ4n) is 2.53. The second-order valence-electron chi connectivity index (χ2n) is 5.50. The second-order valence-corrected chi connectivity index (χ2v) is 5.50. The van der Waals surface area contributed by atoms with E-state index in [1.807, 2.05) is 6.07 Å². The van der Waals surface area contributed by atoms with Crippen molar-refractivity contribution in [1.82, 2.24) is 20.4 Å². The number of carbonyl (C=O) groups excluding carboxylic acids is 1. The molecule has 24 heavy (non-hydrogen) atoms. The van der Waals surface area contributed by atoms with E-state index in [-0.39, 0.29) is 35.5 Å². The molecule has 2 heterocycles. The number of β-amino-alcohol motifs (C(OH)–C–C–N with tert-alkyl or cyclic N) is 1. The second kappa shape index (κ2) is 8.05. The number of aromatic nitrogens is 2. The van der Waals surface area contributed by atoms with Crippen molar-refractivity contribution < 1.29 is 9.90 Å². The molecule has 0 radical (unpaired) electrons. The van der Waals surface area contributed by atoms with Crippen LogP contribution in [0.15, 0.2) is 47.3 Å². The molecular formula is C16H19ClN4O3. The molecule has 1 amide bonds. The summed E-state index contributed by atoms with van der Waals surface area (Å²) in [6.07, 6.45) is -0.457. The van der Waals surface area contributed by atoms with Gasteiger partial charge in [0.25, 0.3) is 11.5 Å². The van der Waals surface area contributed by atoms with E-state index in [0.717, 1.165) is 0 Å². The minimum Gasteiger partial charge on any atom is -0.391 e. The highest BCUT2D eigenvalue weighted by atomic mass is 35.5. The third-order valence-electron chi connectivity index (χ3n) is 3.86. The zero-order valence-corrected chi connectivity index (χ0v) is 13.7. The highest BCUT2D eigenvalue weighted by molar-refractivity contribution is 5.92. The van der Waals surface area contributed by atoms with Crippen LogP contribution in [0.2, 0.25) is 0 Å². The highest BCUT2D eigenvalue weighted by Gasteiger charge is 2.25. The minimum atomic E-state index is -0.457. The van der Waals surface area contributed by atoms with Gasteiger partial charge >= 0.3 is 0 Å². The van der Waals surface area contributed by atoms with E-state index >= 15 is 0 Å². The topological polar surface area (TPSA) is 96.3 Å². The summed E-state index contributed by atoms with van der Waals surface area (Å²) in [7, 11) is 0. The summed E-state index contributed by atoms with van der Waals surface area (Å²) >= 11 is 0. The maximum absolute atomic E-state index is 12.2. The van der Waals surface area contributed by atoms with Gasteiger partial charge in [0.15, 0.2) is 0 Å². The third-order valence-corrected chi connectivity index (χ3v) is 3.86. The fourth-order valence-corrected chi connectivity index (χ4v) is 2.53. The van der Waals surface area contributed by atoms with Crippen LogP contribution in [0.25, 0.3) is 5.69 Å². The van der Waals surface area contributed by atoms with Gasteiger partial charge in [0.2, 0.25) is 0 Å². The molecule has 1 fully saturated rings.